The molecule has 0 unspecified atom stereocenters. The van der Waals surface area contributed by atoms with Gasteiger partial charge in [0.25, 0.3) is 0 Å². The molecule has 0 atom stereocenters. The number of nitrogens with one attached hydrogen (secondary N) is 2. The highest BCUT2D eigenvalue weighted by Gasteiger charge is 2.16. The Morgan fingerprint density at radius 3 is 2.88 bits per heavy atom. The van der Waals surface area contributed by atoms with Gasteiger partial charge < -0.3 is 15.5 Å². The molecule has 2 heterocycles. The van der Waals surface area contributed by atoms with Crippen molar-refractivity contribution in [3.05, 3.63) is 12.3 Å². The third kappa shape index (κ3) is 3.56. The molecule has 17 heavy (non-hydrogen) atoms. The highest BCUT2D eigenvalue weighted by Crippen LogP contribution is 2.14. The molecule has 5 nitrogen and oxygen atoms in total. The van der Waals surface area contributed by atoms with Crippen LogP contribution in [-0.2, 0) is 0 Å². The van der Waals surface area contributed by atoms with Crippen LogP contribution in [0.25, 0.3) is 0 Å². The van der Waals surface area contributed by atoms with E-state index in [1.54, 1.807) is 6.20 Å². The quantitative estimate of drug-likeness (QED) is 0.826. The van der Waals surface area contributed by atoms with Crippen LogP contribution >= 0.6 is 0 Å². The highest BCUT2D eigenvalue weighted by molar-refractivity contribution is 5.40. The lowest BCUT2D eigenvalue weighted by Gasteiger charge is -2.29. The summed E-state index contributed by atoms with van der Waals surface area (Å²) in [7, 11) is 2.17. The van der Waals surface area contributed by atoms with Gasteiger partial charge in [-0.15, -0.1) is 0 Å². The van der Waals surface area contributed by atoms with E-state index in [2.05, 4.69) is 32.5 Å². The maximum atomic E-state index is 4.43. The molecule has 0 spiro atoms. The SMILES string of the molecule is CCNc1nccc(NC2CCN(C)CC2)n1. The molecule has 0 bridgehead atoms. The molecule has 1 aromatic rings. The number of hydrogen-bond donors (Lipinski definition) is 2. The van der Waals surface area contributed by atoms with E-state index in [1.807, 2.05) is 13.0 Å². The maximum Gasteiger partial charge on any atom is 0.224 e. The number of aromatic nitrogens is 2. The van der Waals surface area contributed by atoms with Gasteiger partial charge in [0.05, 0.1) is 0 Å². The lowest BCUT2D eigenvalue weighted by Crippen LogP contribution is -2.36. The van der Waals surface area contributed by atoms with Crippen LogP contribution in [0.5, 0.6) is 0 Å². The predicted octanol–water partition coefficient (Wildman–Crippen LogP) is 1.41. The Balaban J connectivity index is 1.91. The first-order chi connectivity index (χ1) is 8.28. The summed E-state index contributed by atoms with van der Waals surface area (Å²) in [6, 6.07) is 2.47. The van der Waals surface area contributed by atoms with E-state index < -0.39 is 0 Å². The van der Waals surface area contributed by atoms with Gasteiger partial charge in [0, 0.05) is 18.8 Å². The Hall–Kier alpha value is -1.36. The molecule has 5 heteroatoms. The van der Waals surface area contributed by atoms with Crippen molar-refractivity contribution in [2.75, 3.05) is 37.3 Å². The number of piperidine rings is 1. The second-order valence-electron chi connectivity index (χ2n) is 4.52. The molecule has 94 valence electrons. The van der Waals surface area contributed by atoms with Crippen molar-refractivity contribution in [3.8, 4) is 0 Å². The molecule has 1 fully saturated rings. The Bertz CT molecular complexity index is 347. The van der Waals surface area contributed by atoms with Crippen molar-refractivity contribution < 1.29 is 0 Å². The highest BCUT2D eigenvalue weighted by atomic mass is 15.2. The van der Waals surface area contributed by atoms with Gasteiger partial charge >= 0.3 is 0 Å². The second kappa shape index (κ2) is 5.82. The molecular formula is C12H21N5. The molecule has 0 aromatic carbocycles. The van der Waals surface area contributed by atoms with Gasteiger partial charge in [0.1, 0.15) is 5.82 Å². The van der Waals surface area contributed by atoms with Crippen LogP contribution in [0.4, 0.5) is 11.8 Å². The zero-order valence-corrected chi connectivity index (χ0v) is 10.6. The predicted molar refractivity (Wildman–Crippen MR) is 70.3 cm³/mol. The molecule has 2 N–H and O–H groups in total. The fourth-order valence-electron chi connectivity index (χ4n) is 2.04. The van der Waals surface area contributed by atoms with Crippen molar-refractivity contribution in [2.24, 2.45) is 0 Å². The minimum absolute atomic E-state index is 0.538. The topological polar surface area (TPSA) is 53.1 Å². The molecule has 0 saturated carbocycles. The van der Waals surface area contributed by atoms with Gasteiger partial charge in [0.2, 0.25) is 5.95 Å². The maximum absolute atomic E-state index is 4.43. The van der Waals surface area contributed by atoms with Crippen LogP contribution in [0.3, 0.4) is 0 Å². The van der Waals surface area contributed by atoms with Crippen LogP contribution < -0.4 is 10.6 Å². The van der Waals surface area contributed by atoms with E-state index in [-0.39, 0.29) is 0 Å². The van der Waals surface area contributed by atoms with E-state index in [0.29, 0.717) is 12.0 Å². The molecule has 0 radical (unpaired) electrons. The lowest BCUT2D eigenvalue weighted by molar-refractivity contribution is 0.263. The van der Waals surface area contributed by atoms with E-state index in [4.69, 9.17) is 0 Å². The number of nitrogens with zero attached hydrogens (tertiary/aromatic N) is 3. The fraction of sp³-hybridized carbons (Fsp3) is 0.667. The van der Waals surface area contributed by atoms with Crippen molar-refractivity contribution in [1.29, 1.82) is 0 Å². The smallest absolute Gasteiger partial charge is 0.224 e. The van der Waals surface area contributed by atoms with Crippen LogP contribution in [0.1, 0.15) is 19.8 Å². The summed E-state index contributed by atoms with van der Waals surface area (Å²) in [5.41, 5.74) is 0. The summed E-state index contributed by atoms with van der Waals surface area (Å²) in [4.78, 5) is 11.0. The molecule has 0 aliphatic carbocycles. The molecule has 1 saturated heterocycles. The van der Waals surface area contributed by atoms with Gasteiger partial charge in [-0.2, -0.15) is 4.98 Å². The Kier molecular flexibility index (Phi) is 4.14. The third-order valence-corrected chi connectivity index (χ3v) is 3.06. The minimum Gasteiger partial charge on any atom is -0.367 e. The summed E-state index contributed by atoms with van der Waals surface area (Å²) < 4.78 is 0. The largest absolute Gasteiger partial charge is 0.367 e. The minimum atomic E-state index is 0.538. The van der Waals surface area contributed by atoms with E-state index in [1.165, 1.54) is 12.8 Å². The Labute approximate surface area is 103 Å². The zero-order valence-electron chi connectivity index (χ0n) is 10.6. The lowest BCUT2D eigenvalue weighted by atomic mass is 10.1. The van der Waals surface area contributed by atoms with E-state index in [9.17, 15) is 0 Å². The zero-order chi connectivity index (χ0) is 12.1. The number of anilines is 2. The standard InChI is InChI=1S/C12H21N5/c1-3-13-12-14-7-4-11(16-12)15-10-5-8-17(2)9-6-10/h4,7,10H,3,5-6,8-9H2,1-2H3,(H2,13,14,15,16). The third-order valence-electron chi connectivity index (χ3n) is 3.06. The molecule has 1 aliphatic rings. The molecule has 1 aliphatic heterocycles. The second-order valence-corrected chi connectivity index (χ2v) is 4.52. The first-order valence-corrected chi connectivity index (χ1v) is 6.30. The van der Waals surface area contributed by atoms with Gasteiger partial charge in [-0.05, 0) is 46.0 Å². The van der Waals surface area contributed by atoms with E-state index >= 15 is 0 Å². The van der Waals surface area contributed by atoms with Crippen molar-refractivity contribution in [1.82, 2.24) is 14.9 Å². The van der Waals surface area contributed by atoms with Crippen molar-refractivity contribution in [3.63, 3.8) is 0 Å². The number of rotatable bonds is 4. The summed E-state index contributed by atoms with van der Waals surface area (Å²) in [6.07, 6.45) is 4.15. The molecular weight excluding hydrogens is 214 g/mol. The van der Waals surface area contributed by atoms with E-state index in [0.717, 1.165) is 25.5 Å². The van der Waals surface area contributed by atoms with Crippen LogP contribution in [0.2, 0.25) is 0 Å². The molecule has 1 aromatic heterocycles. The van der Waals surface area contributed by atoms with Crippen LogP contribution in [0.15, 0.2) is 12.3 Å². The van der Waals surface area contributed by atoms with Gasteiger partial charge in [-0.1, -0.05) is 0 Å². The first kappa shape index (κ1) is 12.1. The summed E-state index contributed by atoms with van der Waals surface area (Å²) in [5, 5.41) is 6.60. The van der Waals surface area contributed by atoms with Crippen LogP contribution in [0, 0.1) is 0 Å². The number of hydrogen-bond acceptors (Lipinski definition) is 5. The normalized spacial score (nSPS) is 18.0. The average molecular weight is 235 g/mol. The first-order valence-electron chi connectivity index (χ1n) is 6.30. The Morgan fingerprint density at radius 1 is 1.41 bits per heavy atom. The van der Waals surface area contributed by atoms with Gasteiger partial charge in [0.15, 0.2) is 0 Å². The molecule has 2 rings (SSSR count). The summed E-state index contributed by atoms with van der Waals surface area (Å²) >= 11 is 0. The Morgan fingerprint density at radius 2 is 2.18 bits per heavy atom. The van der Waals surface area contributed by atoms with Crippen LogP contribution in [-0.4, -0.2) is 47.6 Å². The molecule has 0 amide bonds. The summed E-state index contributed by atoms with van der Waals surface area (Å²) in [6.45, 7) is 5.20. The van der Waals surface area contributed by atoms with Gasteiger partial charge in [-0.3, -0.25) is 0 Å². The fourth-order valence-corrected chi connectivity index (χ4v) is 2.04. The van der Waals surface area contributed by atoms with Crippen molar-refractivity contribution >= 4 is 11.8 Å². The van der Waals surface area contributed by atoms with Gasteiger partial charge in [-0.25, -0.2) is 4.98 Å². The average Bonchev–Trinajstić information content (AvgIpc) is 2.33. The summed E-state index contributed by atoms with van der Waals surface area (Å²) in [5.74, 6) is 1.62. The number of likely N-dealkylation sites (tertiary alicyclic amines) is 1. The van der Waals surface area contributed by atoms with Crippen molar-refractivity contribution in [2.45, 2.75) is 25.8 Å². The monoisotopic (exact) mass is 235 g/mol.